The van der Waals surface area contributed by atoms with Gasteiger partial charge in [-0.15, -0.1) is 0 Å². The Morgan fingerprint density at radius 3 is 1.56 bits per heavy atom. The molecule has 0 atom stereocenters. The molecule has 1 amide bonds. The van der Waals surface area contributed by atoms with Crippen LogP contribution in [0, 0.1) is 0 Å². The standard InChI is InChI=1S/C26H30N2O3S/c1-19(2)28(20(3)4)32(30,31)24-17-15-23(16-18-24)27-26(29)25(21-11-7-5-8-12-21)22-13-9-6-10-14-22/h5-20,25H,1-4H3,(H,27,29). The highest BCUT2D eigenvalue weighted by Crippen LogP contribution is 2.27. The highest BCUT2D eigenvalue weighted by Gasteiger charge is 2.29. The van der Waals surface area contributed by atoms with Gasteiger partial charge in [-0.1, -0.05) is 60.7 Å². The van der Waals surface area contributed by atoms with Gasteiger partial charge in [0.25, 0.3) is 0 Å². The number of sulfonamides is 1. The minimum atomic E-state index is -3.63. The van der Waals surface area contributed by atoms with E-state index in [0.29, 0.717) is 5.69 Å². The number of benzene rings is 3. The van der Waals surface area contributed by atoms with Crippen molar-refractivity contribution >= 4 is 21.6 Å². The molecular formula is C26H30N2O3S. The molecule has 0 aliphatic heterocycles. The fourth-order valence-electron chi connectivity index (χ4n) is 3.98. The summed E-state index contributed by atoms with van der Waals surface area (Å²) >= 11 is 0. The second-order valence-electron chi connectivity index (χ2n) is 8.29. The molecule has 0 radical (unpaired) electrons. The third kappa shape index (κ3) is 5.26. The molecule has 0 bridgehead atoms. The summed E-state index contributed by atoms with van der Waals surface area (Å²) in [6, 6.07) is 25.2. The van der Waals surface area contributed by atoms with Crippen molar-refractivity contribution in [2.24, 2.45) is 0 Å². The number of amides is 1. The molecule has 1 N–H and O–H groups in total. The average molecular weight is 451 g/mol. The first-order valence-corrected chi connectivity index (χ1v) is 12.2. The summed E-state index contributed by atoms with van der Waals surface area (Å²) in [7, 11) is -3.63. The molecule has 0 unspecified atom stereocenters. The number of rotatable bonds is 8. The molecule has 6 heteroatoms. The van der Waals surface area contributed by atoms with Gasteiger partial charge < -0.3 is 5.32 Å². The van der Waals surface area contributed by atoms with E-state index in [4.69, 9.17) is 0 Å². The molecule has 0 fully saturated rings. The molecule has 0 saturated carbocycles. The van der Waals surface area contributed by atoms with Crippen LogP contribution in [0.4, 0.5) is 5.69 Å². The summed E-state index contributed by atoms with van der Waals surface area (Å²) in [6.07, 6.45) is 0. The van der Waals surface area contributed by atoms with Crippen LogP contribution in [0.25, 0.3) is 0 Å². The van der Waals surface area contributed by atoms with Gasteiger partial charge in [0.2, 0.25) is 15.9 Å². The van der Waals surface area contributed by atoms with Crippen LogP contribution in [0.1, 0.15) is 44.7 Å². The zero-order valence-corrected chi connectivity index (χ0v) is 19.7. The van der Waals surface area contributed by atoms with Gasteiger partial charge in [-0.25, -0.2) is 8.42 Å². The normalized spacial score (nSPS) is 12.0. The van der Waals surface area contributed by atoms with Crippen molar-refractivity contribution in [3.05, 3.63) is 96.1 Å². The van der Waals surface area contributed by atoms with Gasteiger partial charge in [0.15, 0.2) is 0 Å². The van der Waals surface area contributed by atoms with E-state index < -0.39 is 15.9 Å². The summed E-state index contributed by atoms with van der Waals surface area (Å²) < 4.78 is 27.6. The third-order valence-corrected chi connectivity index (χ3v) is 7.51. The summed E-state index contributed by atoms with van der Waals surface area (Å²) in [6.45, 7) is 7.44. The maximum Gasteiger partial charge on any atom is 0.243 e. The number of carbonyl (C=O) groups excluding carboxylic acids is 1. The van der Waals surface area contributed by atoms with E-state index in [-0.39, 0.29) is 22.9 Å². The Labute approximate surface area is 191 Å². The van der Waals surface area contributed by atoms with Crippen molar-refractivity contribution in [3.63, 3.8) is 0 Å². The molecule has 0 saturated heterocycles. The predicted molar refractivity (Wildman–Crippen MR) is 129 cm³/mol. The van der Waals surface area contributed by atoms with Crippen LogP contribution in [0.3, 0.4) is 0 Å². The van der Waals surface area contributed by atoms with Crippen LogP contribution in [-0.2, 0) is 14.8 Å². The topological polar surface area (TPSA) is 66.5 Å². The van der Waals surface area contributed by atoms with Crippen LogP contribution in [0.5, 0.6) is 0 Å². The van der Waals surface area contributed by atoms with Crippen LogP contribution in [-0.4, -0.2) is 30.7 Å². The van der Waals surface area contributed by atoms with E-state index >= 15 is 0 Å². The Balaban J connectivity index is 1.86. The minimum absolute atomic E-state index is 0.156. The molecule has 0 spiro atoms. The predicted octanol–water partition coefficient (Wildman–Crippen LogP) is 5.26. The molecule has 3 aromatic rings. The van der Waals surface area contributed by atoms with E-state index in [1.54, 1.807) is 24.3 Å². The van der Waals surface area contributed by atoms with E-state index in [0.717, 1.165) is 11.1 Å². The number of nitrogens with one attached hydrogen (secondary N) is 1. The van der Waals surface area contributed by atoms with Gasteiger partial charge in [-0.3, -0.25) is 4.79 Å². The molecule has 32 heavy (non-hydrogen) atoms. The highest BCUT2D eigenvalue weighted by atomic mass is 32.2. The largest absolute Gasteiger partial charge is 0.325 e. The maximum atomic E-state index is 13.2. The van der Waals surface area contributed by atoms with E-state index in [1.165, 1.54) is 4.31 Å². The second kappa shape index (κ2) is 10.1. The molecule has 0 aliphatic carbocycles. The number of carbonyl (C=O) groups is 1. The monoisotopic (exact) mass is 450 g/mol. The minimum Gasteiger partial charge on any atom is -0.325 e. The molecular weight excluding hydrogens is 420 g/mol. The first kappa shape index (κ1) is 23.7. The van der Waals surface area contributed by atoms with E-state index in [9.17, 15) is 13.2 Å². The van der Waals surface area contributed by atoms with Gasteiger partial charge in [-0.05, 0) is 63.1 Å². The zero-order valence-electron chi connectivity index (χ0n) is 18.9. The van der Waals surface area contributed by atoms with Crippen molar-refractivity contribution < 1.29 is 13.2 Å². The van der Waals surface area contributed by atoms with Crippen LogP contribution >= 0.6 is 0 Å². The zero-order chi connectivity index (χ0) is 23.3. The second-order valence-corrected chi connectivity index (χ2v) is 10.1. The van der Waals surface area contributed by atoms with Gasteiger partial charge in [-0.2, -0.15) is 4.31 Å². The smallest absolute Gasteiger partial charge is 0.243 e. The summed E-state index contributed by atoms with van der Waals surface area (Å²) in [5, 5.41) is 2.95. The Bertz CT molecular complexity index is 1080. The van der Waals surface area contributed by atoms with Gasteiger partial charge in [0.1, 0.15) is 0 Å². The molecule has 3 rings (SSSR count). The average Bonchev–Trinajstić information content (AvgIpc) is 2.75. The molecule has 0 aliphatic rings. The van der Waals surface area contributed by atoms with Crippen LogP contribution in [0.2, 0.25) is 0 Å². The van der Waals surface area contributed by atoms with Gasteiger partial charge in [0.05, 0.1) is 10.8 Å². The van der Waals surface area contributed by atoms with Crippen LogP contribution < -0.4 is 5.32 Å². The summed E-state index contributed by atoms with van der Waals surface area (Å²) in [4.78, 5) is 13.5. The molecule has 168 valence electrons. The van der Waals surface area contributed by atoms with Crippen molar-refractivity contribution in [3.8, 4) is 0 Å². The van der Waals surface area contributed by atoms with Crippen molar-refractivity contribution in [2.45, 2.75) is 50.6 Å². The lowest BCUT2D eigenvalue weighted by Crippen LogP contribution is -2.41. The first-order valence-electron chi connectivity index (χ1n) is 10.8. The van der Waals surface area contributed by atoms with Crippen molar-refractivity contribution in [1.29, 1.82) is 0 Å². The number of anilines is 1. The van der Waals surface area contributed by atoms with E-state index in [2.05, 4.69) is 5.32 Å². The lowest BCUT2D eigenvalue weighted by molar-refractivity contribution is -0.116. The number of hydrogen-bond donors (Lipinski definition) is 1. The Kier molecular flexibility index (Phi) is 7.48. The fraction of sp³-hybridized carbons (Fsp3) is 0.269. The summed E-state index contributed by atoms with van der Waals surface area (Å²) in [5.41, 5.74) is 2.33. The lowest BCUT2D eigenvalue weighted by Gasteiger charge is -2.29. The number of nitrogens with zero attached hydrogens (tertiary/aromatic N) is 1. The van der Waals surface area contributed by atoms with Crippen LogP contribution in [0.15, 0.2) is 89.8 Å². The quantitative estimate of drug-likeness (QED) is 0.509. The third-order valence-electron chi connectivity index (χ3n) is 5.24. The fourth-order valence-corrected chi connectivity index (χ4v) is 5.82. The lowest BCUT2D eigenvalue weighted by atomic mass is 9.90. The SMILES string of the molecule is CC(C)N(C(C)C)S(=O)(=O)c1ccc(NC(=O)C(c2ccccc2)c2ccccc2)cc1. The van der Waals surface area contributed by atoms with Gasteiger partial charge >= 0.3 is 0 Å². The molecule has 0 heterocycles. The molecule has 5 nitrogen and oxygen atoms in total. The van der Waals surface area contributed by atoms with Crippen molar-refractivity contribution in [2.75, 3.05) is 5.32 Å². The number of hydrogen-bond acceptors (Lipinski definition) is 3. The summed E-state index contributed by atoms with van der Waals surface area (Å²) in [5.74, 6) is -0.651. The Morgan fingerprint density at radius 1 is 0.719 bits per heavy atom. The maximum absolute atomic E-state index is 13.2. The van der Waals surface area contributed by atoms with Gasteiger partial charge in [0, 0.05) is 17.8 Å². The molecule has 3 aromatic carbocycles. The molecule has 0 aromatic heterocycles. The van der Waals surface area contributed by atoms with E-state index in [1.807, 2.05) is 88.4 Å². The highest BCUT2D eigenvalue weighted by molar-refractivity contribution is 7.89. The Morgan fingerprint density at radius 2 is 1.16 bits per heavy atom. The Hall–Kier alpha value is -2.96. The van der Waals surface area contributed by atoms with Crippen molar-refractivity contribution in [1.82, 2.24) is 4.31 Å². The first-order chi connectivity index (χ1) is 15.2.